The molecule has 5 rings (SSSR count). The van der Waals surface area contributed by atoms with Crippen molar-refractivity contribution in [1.82, 2.24) is 10.3 Å². The van der Waals surface area contributed by atoms with Crippen molar-refractivity contribution in [2.45, 2.75) is 37.7 Å². The number of hydrogen-bond donors (Lipinski definition) is 4. The largest absolute Gasteiger partial charge is 0.505 e. The number of carbonyl (C=O) groups is 2. The third-order valence-electron chi connectivity index (χ3n) is 6.48. The number of Topliss-reactive ketones (excluding diaryl/α,β-unsaturated/α-hetero) is 1. The number of anilines is 1. The number of hydrogen-bond acceptors (Lipinski definition) is 7. The second-order valence-corrected chi connectivity index (χ2v) is 8.68. The number of carbonyl (C=O) groups excluding carboxylic acids is 2. The molecule has 3 aromatic rings. The van der Waals surface area contributed by atoms with Gasteiger partial charge in [0.05, 0.1) is 12.2 Å². The Bertz CT molecular complexity index is 1320. The summed E-state index contributed by atoms with van der Waals surface area (Å²) in [7, 11) is 0. The van der Waals surface area contributed by atoms with Crippen LogP contribution in [0.15, 0.2) is 54.7 Å². The van der Waals surface area contributed by atoms with E-state index in [2.05, 4.69) is 10.3 Å². The highest BCUT2D eigenvalue weighted by Gasteiger charge is 2.69. The lowest BCUT2D eigenvalue weighted by Crippen LogP contribution is -2.64. The summed E-state index contributed by atoms with van der Waals surface area (Å²) in [6.45, 7) is 4.11. The highest BCUT2D eigenvalue weighted by Crippen LogP contribution is 2.56. The molecule has 1 aromatic heterocycles. The molecule has 2 aliphatic rings. The molecule has 0 saturated heterocycles. The number of amides is 1. The summed E-state index contributed by atoms with van der Waals surface area (Å²) in [4.78, 5) is 31.2. The summed E-state index contributed by atoms with van der Waals surface area (Å²) >= 11 is 0. The monoisotopic (exact) mass is 445 g/mol. The summed E-state index contributed by atoms with van der Waals surface area (Å²) < 4.78 is 5.95. The molecule has 0 bridgehead atoms. The first-order valence-corrected chi connectivity index (χ1v) is 10.6. The Morgan fingerprint density at radius 2 is 1.97 bits per heavy atom. The Hall–Kier alpha value is -3.75. The molecule has 0 spiro atoms. The molecule has 1 aliphatic carbocycles. The van der Waals surface area contributed by atoms with Crippen molar-refractivity contribution < 1.29 is 24.5 Å². The van der Waals surface area contributed by atoms with Gasteiger partial charge in [0.15, 0.2) is 11.2 Å². The Balaban J connectivity index is 1.77. The molecule has 0 fully saturated rings. The van der Waals surface area contributed by atoms with E-state index >= 15 is 0 Å². The molecule has 2 unspecified atom stereocenters. The number of nitrogens with zero attached hydrogens (tertiary/aromatic N) is 1. The number of nitrogen functional groups attached to an aromatic ring is 1. The first-order chi connectivity index (χ1) is 15.7. The average Bonchev–Trinajstić information content (AvgIpc) is 2.99. The number of rotatable bonds is 3. The lowest BCUT2D eigenvalue weighted by Gasteiger charge is -2.45. The maximum Gasteiger partial charge on any atom is 0.274 e. The predicted octanol–water partition coefficient (Wildman–Crippen LogP) is 2.69. The van der Waals surface area contributed by atoms with Gasteiger partial charge in [-0.3, -0.25) is 9.59 Å². The van der Waals surface area contributed by atoms with Crippen LogP contribution in [0.25, 0.3) is 0 Å². The summed E-state index contributed by atoms with van der Waals surface area (Å²) in [5.41, 5.74) is 6.36. The Labute approximate surface area is 190 Å². The molecule has 2 atom stereocenters. The molecule has 1 amide bonds. The van der Waals surface area contributed by atoms with E-state index in [-0.39, 0.29) is 40.8 Å². The van der Waals surface area contributed by atoms with Gasteiger partial charge in [0.1, 0.15) is 5.75 Å². The first-order valence-electron chi connectivity index (χ1n) is 10.6. The van der Waals surface area contributed by atoms with E-state index in [0.717, 1.165) is 5.56 Å². The number of aliphatic hydroxyl groups is 1. The second kappa shape index (κ2) is 7.13. The number of ketones is 1. The number of pyridine rings is 1. The van der Waals surface area contributed by atoms with Crippen molar-refractivity contribution in [3.8, 4) is 5.75 Å². The minimum Gasteiger partial charge on any atom is -0.505 e. The summed E-state index contributed by atoms with van der Waals surface area (Å²) in [5, 5.41) is 24.7. The van der Waals surface area contributed by atoms with Crippen molar-refractivity contribution in [3.05, 3.63) is 88.2 Å². The highest BCUT2D eigenvalue weighted by molar-refractivity contribution is 6.15. The lowest BCUT2D eigenvalue weighted by molar-refractivity contribution is -0.262. The van der Waals surface area contributed by atoms with Crippen LogP contribution < -0.4 is 11.1 Å². The number of benzene rings is 2. The van der Waals surface area contributed by atoms with Gasteiger partial charge in [-0.1, -0.05) is 44.2 Å². The van der Waals surface area contributed by atoms with Gasteiger partial charge < -0.3 is 26.0 Å². The molecule has 2 aromatic carbocycles. The molecular weight excluding hydrogens is 422 g/mol. The van der Waals surface area contributed by atoms with Crippen molar-refractivity contribution in [2.75, 3.05) is 5.73 Å². The number of nitrogens with one attached hydrogen (secondary N) is 1. The van der Waals surface area contributed by atoms with Crippen molar-refractivity contribution in [3.63, 3.8) is 0 Å². The maximum absolute atomic E-state index is 14.0. The van der Waals surface area contributed by atoms with E-state index in [1.165, 1.54) is 18.3 Å². The van der Waals surface area contributed by atoms with Gasteiger partial charge in [0, 0.05) is 17.4 Å². The van der Waals surface area contributed by atoms with Crippen LogP contribution in [0.5, 0.6) is 5.75 Å². The van der Waals surface area contributed by atoms with E-state index in [0.29, 0.717) is 11.1 Å². The molecule has 8 nitrogen and oxygen atoms in total. The van der Waals surface area contributed by atoms with Gasteiger partial charge in [-0.25, -0.2) is 4.98 Å². The van der Waals surface area contributed by atoms with Crippen molar-refractivity contribution in [1.29, 1.82) is 0 Å². The van der Waals surface area contributed by atoms with E-state index in [1.54, 1.807) is 24.3 Å². The Morgan fingerprint density at radius 3 is 2.70 bits per heavy atom. The first kappa shape index (κ1) is 21.1. The maximum atomic E-state index is 14.0. The van der Waals surface area contributed by atoms with E-state index < -0.39 is 23.0 Å². The fourth-order valence-electron chi connectivity index (χ4n) is 4.79. The number of aromatic nitrogens is 1. The third-order valence-corrected chi connectivity index (χ3v) is 6.48. The van der Waals surface area contributed by atoms with Crippen LogP contribution in [0.2, 0.25) is 0 Å². The molecule has 2 heterocycles. The topological polar surface area (TPSA) is 135 Å². The van der Waals surface area contributed by atoms with Gasteiger partial charge in [-0.15, -0.1) is 0 Å². The van der Waals surface area contributed by atoms with Gasteiger partial charge >= 0.3 is 0 Å². The third kappa shape index (κ3) is 2.74. The average molecular weight is 445 g/mol. The van der Waals surface area contributed by atoms with Crippen LogP contribution in [0.4, 0.5) is 5.69 Å². The normalized spacial score (nSPS) is 23.1. The van der Waals surface area contributed by atoms with Gasteiger partial charge in [-0.05, 0) is 40.8 Å². The fraction of sp³-hybridized carbons (Fsp3) is 0.240. The van der Waals surface area contributed by atoms with E-state index in [1.807, 2.05) is 26.0 Å². The zero-order valence-corrected chi connectivity index (χ0v) is 18.1. The van der Waals surface area contributed by atoms with Crippen LogP contribution in [0.1, 0.15) is 62.9 Å². The number of aromatic hydroxyl groups is 1. The number of fused-ring (bicyclic) bond motifs is 5. The standard InChI is InChI=1S/C25H23N3O5/c1-13(2)14-8-9-16-15(11-14)12-33-25(32)17-5-3-6-18(26)20(17)22(30)24(16,25)28-23(31)21-19(29)7-4-10-27-21/h3-11,13,29,32H,12,26H2,1-2H3,(H,28,31). The van der Waals surface area contributed by atoms with E-state index in [9.17, 15) is 19.8 Å². The zero-order valence-electron chi connectivity index (χ0n) is 18.1. The van der Waals surface area contributed by atoms with Gasteiger partial charge in [0.2, 0.25) is 11.6 Å². The number of nitrogens with two attached hydrogens (primary N) is 1. The predicted molar refractivity (Wildman–Crippen MR) is 119 cm³/mol. The number of ether oxygens (including phenoxy) is 1. The van der Waals surface area contributed by atoms with Crippen LogP contribution in [-0.2, 0) is 22.7 Å². The molecular formula is C25H23N3O5. The lowest BCUT2D eigenvalue weighted by atomic mass is 9.76. The SMILES string of the molecule is CC(C)c1ccc2c(c1)COC1(O)c3cccc(N)c3C(=O)C21NC(=O)c1ncccc1O. The molecule has 1 aliphatic heterocycles. The van der Waals surface area contributed by atoms with Crippen LogP contribution in [0.3, 0.4) is 0 Å². The Morgan fingerprint density at radius 1 is 1.18 bits per heavy atom. The molecule has 5 N–H and O–H groups in total. The molecule has 0 saturated carbocycles. The molecule has 33 heavy (non-hydrogen) atoms. The minimum atomic E-state index is -2.21. The van der Waals surface area contributed by atoms with Crippen molar-refractivity contribution in [2.24, 2.45) is 0 Å². The molecule has 0 radical (unpaired) electrons. The van der Waals surface area contributed by atoms with Crippen molar-refractivity contribution >= 4 is 17.4 Å². The smallest absolute Gasteiger partial charge is 0.274 e. The van der Waals surface area contributed by atoms with Gasteiger partial charge in [-0.2, -0.15) is 0 Å². The Kier molecular flexibility index (Phi) is 4.56. The minimum absolute atomic E-state index is 0.0281. The summed E-state index contributed by atoms with van der Waals surface area (Å²) in [6.07, 6.45) is 1.35. The quantitative estimate of drug-likeness (QED) is 0.455. The van der Waals surface area contributed by atoms with Crippen LogP contribution in [0, 0.1) is 0 Å². The summed E-state index contributed by atoms with van der Waals surface area (Å²) in [5.74, 6) is -3.78. The van der Waals surface area contributed by atoms with Crippen LogP contribution >= 0.6 is 0 Å². The van der Waals surface area contributed by atoms with Gasteiger partial charge in [0.25, 0.3) is 5.91 Å². The molecule has 8 heteroatoms. The highest BCUT2D eigenvalue weighted by atomic mass is 16.6. The van der Waals surface area contributed by atoms with Crippen LogP contribution in [-0.4, -0.2) is 26.9 Å². The molecule has 168 valence electrons. The second-order valence-electron chi connectivity index (χ2n) is 8.68. The fourth-order valence-corrected chi connectivity index (χ4v) is 4.79. The summed E-state index contributed by atoms with van der Waals surface area (Å²) in [6, 6.07) is 13.0. The zero-order chi connectivity index (χ0) is 23.5. The van der Waals surface area contributed by atoms with E-state index in [4.69, 9.17) is 10.5 Å².